The van der Waals surface area contributed by atoms with Crippen molar-refractivity contribution in [2.45, 2.75) is 24.1 Å². The lowest BCUT2D eigenvalue weighted by atomic mass is 10.1. The number of hydrogen-bond donors (Lipinski definition) is 1. The van der Waals surface area contributed by atoms with Gasteiger partial charge in [0.1, 0.15) is 5.75 Å². The second-order valence-electron chi connectivity index (χ2n) is 6.73. The molecule has 30 heavy (non-hydrogen) atoms. The van der Waals surface area contributed by atoms with Crippen LogP contribution in [-0.2, 0) is 12.3 Å². The predicted octanol–water partition coefficient (Wildman–Crippen LogP) is 5.04. The van der Waals surface area contributed by atoms with Crippen LogP contribution >= 0.6 is 11.8 Å². The molecule has 0 saturated carbocycles. The van der Waals surface area contributed by atoms with Crippen LogP contribution in [0.2, 0.25) is 0 Å². The Balaban J connectivity index is 1.44. The van der Waals surface area contributed by atoms with Crippen LogP contribution in [0.25, 0.3) is 0 Å². The Morgan fingerprint density at radius 3 is 2.70 bits per heavy atom. The maximum atomic E-state index is 12.7. The fourth-order valence-corrected chi connectivity index (χ4v) is 4.04. The van der Waals surface area contributed by atoms with Gasteiger partial charge in [-0.15, -0.1) is 11.8 Å². The van der Waals surface area contributed by atoms with Crippen LogP contribution in [0.15, 0.2) is 71.6 Å². The molecule has 3 aromatic carbocycles. The van der Waals surface area contributed by atoms with Gasteiger partial charge in [0.05, 0.1) is 6.61 Å². The smallest absolute Gasteiger partial charge is 0.251 e. The van der Waals surface area contributed by atoms with Crippen molar-refractivity contribution < 1.29 is 19.0 Å². The van der Waals surface area contributed by atoms with Crippen LogP contribution in [0.5, 0.6) is 17.2 Å². The lowest BCUT2D eigenvalue weighted by molar-refractivity contribution is 0.0950. The zero-order chi connectivity index (χ0) is 20.8. The van der Waals surface area contributed by atoms with Gasteiger partial charge in [0.2, 0.25) is 6.79 Å². The molecule has 0 radical (unpaired) electrons. The number of fused-ring (bicyclic) bond motifs is 1. The van der Waals surface area contributed by atoms with E-state index in [4.69, 9.17) is 14.2 Å². The summed E-state index contributed by atoms with van der Waals surface area (Å²) < 4.78 is 16.5. The SMILES string of the molecule is CCOc1ccc(C(=O)NCc2ccc3c(c2)OCO3)cc1CSc1ccccc1. The number of carbonyl (C=O) groups is 1. The van der Waals surface area contributed by atoms with Crippen molar-refractivity contribution in [1.82, 2.24) is 5.32 Å². The monoisotopic (exact) mass is 421 g/mol. The molecule has 5 nitrogen and oxygen atoms in total. The molecule has 1 heterocycles. The quantitative estimate of drug-likeness (QED) is 0.517. The number of benzene rings is 3. The summed E-state index contributed by atoms with van der Waals surface area (Å²) in [6.07, 6.45) is 0. The van der Waals surface area contributed by atoms with Gasteiger partial charge >= 0.3 is 0 Å². The molecule has 0 aromatic heterocycles. The third-order valence-corrected chi connectivity index (χ3v) is 5.71. The molecular formula is C24H23NO4S. The Kier molecular flexibility index (Phi) is 6.44. The number of ether oxygens (including phenoxy) is 3. The molecule has 1 amide bonds. The van der Waals surface area contributed by atoms with Crippen LogP contribution in [-0.4, -0.2) is 19.3 Å². The molecule has 0 fully saturated rings. The van der Waals surface area contributed by atoms with E-state index in [9.17, 15) is 4.79 Å². The van der Waals surface area contributed by atoms with E-state index < -0.39 is 0 Å². The maximum Gasteiger partial charge on any atom is 0.251 e. The first-order valence-electron chi connectivity index (χ1n) is 9.83. The number of rotatable bonds is 8. The van der Waals surface area contributed by atoms with Gasteiger partial charge in [-0.1, -0.05) is 24.3 Å². The molecular weight excluding hydrogens is 398 g/mol. The average Bonchev–Trinajstić information content (AvgIpc) is 3.25. The molecule has 3 aromatic rings. The highest BCUT2D eigenvalue weighted by Crippen LogP contribution is 2.32. The maximum absolute atomic E-state index is 12.7. The van der Waals surface area contributed by atoms with Crippen molar-refractivity contribution in [3.8, 4) is 17.2 Å². The van der Waals surface area contributed by atoms with E-state index in [1.165, 1.54) is 4.90 Å². The highest BCUT2D eigenvalue weighted by Gasteiger charge is 2.15. The zero-order valence-electron chi connectivity index (χ0n) is 16.7. The minimum Gasteiger partial charge on any atom is -0.494 e. The van der Waals surface area contributed by atoms with Crippen molar-refractivity contribution >= 4 is 17.7 Å². The largest absolute Gasteiger partial charge is 0.494 e. The normalized spacial score (nSPS) is 11.9. The first kappa shape index (κ1) is 20.2. The molecule has 1 aliphatic heterocycles. The highest BCUT2D eigenvalue weighted by molar-refractivity contribution is 7.98. The van der Waals surface area contributed by atoms with Gasteiger partial charge in [0, 0.05) is 28.3 Å². The van der Waals surface area contributed by atoms with Crippen LogP contribution in [0, 0.1) is 0 Å². The van der Waals surface area contributed by atoms with Gasteiger partial charge in [-0.05, 0) is 55.0 Å². The number of hydrogen-bond acceptors (Lipinski definition) is 5. The van der Waals surface area contributed by atoms with E-state index in [2.05, 4.69) is 17.4 Å². The molecule has 1 aliphatic rings. The molecule has 0 bridgehead atoms. The second-order valence-corrected chi connectivity index (χ2v) is 7.78. The van der Waals surface area contributed by atoms with Crippen LogP contribution in [0.1, 0.15) is 28.4 Å². The first-order chi connectivity index (χ1) is 14.7. The molecule has 1 N–H and O–H groups in total. The van der Waals surface area contributed by atoms with Crippen LogP contribution < -0.4 is 19.5 Å². The minimum atomic E-state index is -0.123. The molecule has 4 rings (SSSR count). The standard InChI is InChI=1S/C24H23NO4S/c1-2-27-21-11-9-18(13-19(21)15-30-20-6-4-3-5-7-20)24(26)25-14-17-8-10-22-23(12-17)29-16-28-22/h3-13H,2,14-16H2,1H3,(H,25,26). The molecule has 0 atom stereocenters. The van der Waals surface area contributed by atoms with E-state index in [1.807, 2.05) is 55.5 Å². The van der Waals surface area contributed by atoms with E-state index in [0.717, 1.165) is 28.4 Å². The molecule has 0 aliphatic carbocycles. The first-order valence-corrected chi connectivity index (χ1v) is 10.8. The van der Waals surface area contributed by atoms with Gasteiger partial charge in [-0.2, -0.15) is 0 Å². The molecule has 0 spiro atoms. The summed E-state index contributed by atoms with van der Waals surface area (Å²) in [4.78, 5) is 13.9. The summed E-state index contributed by atoms with van der Waals surface area (Å²) in [7, 11) is 0. The number of thioether (sulfide) groups is 1. The number of amides is 1. The van der Waals surface area contributed by atoms with E-state index >= 15 is 0 Å². The summed E-state index contributed by atoms with van der Waals surface area (Å²) in [6, 6.07) is 21.5. The molecule has 6 heteroatoms. The Hall–Kier alpha value is -3.12. The third kappa shape index (κ3) is 4.89. The van der Waals surface area contributed by atoms with Crippen molar-refractivity contribution in [2.75, 3.05) is 13.4 Å². The van der Waals surface area contributed by atoms with E-state index in [1.54, 1.807) is 17.8 Å². The van der Waals surface area contributed by atoms with Gasteiger partial charge in [0.25, 0.3) is 5.91 Å². The van der Waals surface area contributed by atoms with Crippen molar-refractivity contribution in [1.29, 1.82) is 0 Å². The number of nitrogens with one attached hydrogen (secondary N) is 1. The Morgan fingerprint density at radius 1 is 1.03 bits per heavy atom. The Labute approximate surface area is 180 Å². The summed E-state index contributed by atoms with van der Waals surface area (Å²) in [5.41, 5.74) is 2.57. The highest BCUT2D eigenvalue weighted by atomic mass is 32.2. The van der Waals surface area contributed by atoms with Gasteiger partial charge < -0.3 is 19.5 Å². The zero-order valence-corrected chi connectivity index (χ0v) is 17.5. The van der Waals surface area contributed by atoms with Gasteiger partial charge in [-0.3, -0.25) is 4.79 Å². The van der Waals surface area contributed by atoms with E-state index in [-0.39, 0.29) is 12.7 Å². The number of carbonyl (C=O) groups excluding carboxylic acids is 1. The lowest BCUT2D eigenvalue weighted by Gasteiger charge is -2.13. The second kappa shape index (κ2) is 9.59. The predicted molar refractivity (Wildman–Crippen MR) is 117 cm³/mol. The topological polar surface area (TPSA) is 56.8 Å². The summed E-state index contributed by atoms with van der Waals surface area (Å²) >= 11 is 1.72. The molecule has 0 saturated heterocycles. The van der Waals surface area contributed by atoms with Gasteiger partial charge in [-0.25, -0.2) is 0 Å². The van der Waals surface area contributed by atoms with Crippen molar-refractivity contribution in [3.05, 3.63) is 83.4 Å². The van der Waals surface area contributed by atoms with Crippen LogP contribution in [0.3, 0.4) is 0 Å². The fraction of sp³-hybridized carbons (Fsp3) is 0.208. The Morgan fingerprint density at radius 2 is 1.87 bits per heavy atom. The molecule has 154 valence electrons. The lowest BCUT2D eigenvalue weighted by Crippen LogP contribution is -2.23. The Bertz CT molecular complexity index is 1020. The third-order valence-electron chi connectivity index (χ3n) is 4.65. The van der Waals surface area contributed by atoms with Gasteiger partial charge in [0.15, 0.2) is 11.5 Å². The van der Waals surface area contributed by atoms with E-state index in [0.29, 0.717) is 24.5 Å². The summed E-state index contributed by atoms with van der Waals surface area (Å²) in [6.45, 7) is 3.19. The molecule has 0 unspecified atom stereocenters. The summed E-state index contributed by atoms with van der Waals surface area (Å²) in [5, 5.41) is 2.98. The van der Waals surface area contributed by atoms with Crippen LogP contribution in [0.4, 0.5) is 0 Å². The van der Waals surface area contributed by atoms with Crippen molar-refractivity contribution in [3.63, 3.8) is 0 Å². The minimum absolute atomic E-state index is 0.123. The fourth-order valence-electron chi connectivity index (χ4n) is 3.14. The average molecular weight is 422 g/mol. The summed E-state index contributed by atoms with van der Waals surface area (Å²) in [5.74, 6) is 2.86. The van der Waals surface area contributed by atoms with Crippen molar-refractivity contribution in [2.24, 2.45) is 0 Å².